The van der Waals surface area contributed by atoms with Crippen molar-refractivity contribution in [3.8, 4) is 11.4 Å². The zero-order chi connectivity index (χ0) is 36.0. The van der Waals surface area contributed by atoms with E-state index in [0.29, 0.717) is 0 Å². The highest BCUT2D eigenvalue weighted by molar-refractivity contribution is 7.26. The Balaban J connectivity index is 1.10. The number of para-hydroxylation sites is 3. The van der Waals surface area contributed by atoms with Gasteiger partial charge in [0.1, 0.15) is 5.84 Å². The number of hydrogen-bond acceptors (Lipinski definition) is 3. The largest absolute Gasteiger partial charge is 0.359 e. The van der Waals surface area contributed by atoms with E-state index in [0.717, 1.165) is 28.5 Å². The Morgan fingerprint density at radius 2 is 1.15 bits per heavy atom. The number of hydrogen-bond donors (Lipinski definition) is 1. The Kier molecular flexibility index (Phi) is 6.53. The second-order valence-corrected chi connectivity index (χ2v) is 15.5. The van der Waals surface area contributed by atoms with E-state index in [1.807, 2.05) is 11.3 Å². The van der Waals surface area contributed by atoms with Crippen molar-refractivity contribution in [3.05, 3.63) is 199 Å². The van der Waals surface area contributed by atoms with Gasteiger partial charge < -0.3 is 14.5 Å². The second kappa shape index (κ2) is 11.8. The Morgan fingerprint density at radius 3 is 2.00 bits per heavy atom. The van der Waals surface area contributed by atoms with Gasteiger partial charge in [-0.15, -0.1) is 11.3 Å². The maximum atomic E-state index is 5.13. The van der Waals surface area contributed by atoms with Crippen LogP contribution in [0.5, 0.6) is 0 Å². The van der Waals surface area contributed by atoms with Crippen LogP contribution in [0, 0.1) is 0 Å². The van der Waals surface area contributed by atoms with Crippen LogP contribution in [0.2, 0.25) is 0 Å². The van der Waals surface area contributed by atoms with E-state index >= 15 is 0 Å². The van der Waals surface area contributed by atoms with Gasteiger partial charge in [-0.1, -0.05) is 109 Å². The van der Waals surface area contributed by atoms with Crippen LogP contribution in [0.25, 0.3) is 75.2 Å². The smallest absolute Gasteiger partial charge is 0.134 e. The van der Waals surface area contributed by atoms with Crippen LogP contribution in [-0.4, -0.2) is 15.0 Å². The molecule has 1 aliphatic heterocycles. The molecule has 0 radical (unpaired) electrons. The average Bonchev–Trinajstić information content (AvgIpc) is 3.90. The highest BCUT2D eigenvalue weighted by Crippen LogP contribution is 2.45. The molecule has 4 nitrogen and oxygen atoms in total. The van der Waals surface area contributed by atoms with Gasteiger partial charge in [-0.2, -0.15) is 0 Å². The zero-order valence-corrected chi connectivity index (χ0v) is 30.5. The summed E-state index contributed by atoms with van der Waals surface area (Å²) < 4.78 is 7.52. The first kappa shape index (κ1) is 30.5. The average molecular weight is 721 g/mol. The molecular weight excluding hydrogens is 689 g/mol. The summed E-state index contributed by atoms with van der Waals surface area (Å²) >= 11 is 1.90. The molecule has 1 unspecified atom stereocenters. The van der Waals surface area contributed by atoms with Gasteiger partial charge in [0, 0.05) is 64.2 Å². The number of fused-ring (bicyclic) bond motifs is 11. The Hall–Kier alpha value is -6.95. The maximum absolute atomic E-state index is 5.13. The minimum absolute atomic E-state index is 0.0180. The Morgan fingerprint density at radius 1 is 0.473 bits per heavy atom. The fourth-order valence-corrected chi connectivity index (χ4v) is 10.2. The van der Waals surface area contributed by atoms with Crippen molar-refractivity contribution in [1.29, 1.82) is 0 Å². The monoisotopic (exact) mass is 720 g/mol. The zero-order valence-electron chi connectivity index (χ0n) is 29.6. The lowest BCUT2D eigenvalue weighted by Crippen LogP contribution is -2.32. The summed E-state index contributed by atoms with van der Waals surface area (Å²) in [5.41, 5.74) is 11.5. The normalized spacial score (nSPS) is 14.3. The molecule has 4 heterocycles. The van der Waals surface area contributed by atoms with Crippen LogP contribution in [0.3, 0.4) is 0 Å². The number of rotatable bonds is 4. The van der Waals surface area contributed by atoms with Crippen molar-refractivity contribution in [1.82, 2.24) is 14.5 Å². The molecule has 258 valence electrons. The summed E-state index contributed by atoms with van der Waals surface area (Å²) in [6.07, 6.45) is 0. The number of thiophene rings is 1. The molecule has 55 heavy (non-hydrogen) atoms. The summed E-state index contributed by atoms with van der Waals surface area (Å²) in [5.74, 6) is 0.877. The van der Waals surface area contributed by atoms with Crippen molar-refractivity contribution in [2.75, 3.05) is 0 Å². The standard InChI is InChI=1S/C50H32N4S/c1-3-13-31(14-4-1)48-38-19-7-10-20-41(38)51-50(52-48)32-23-25-34(26-24-32)54-43-28-27-37-36-18-9-12-22-46(36)55-49(37)47(43)40-29-39-35-17-8-11-21-42(35)53(44(39)30-45(40)54)33-15-5-2-6-16-33/h1-30,48H,(H,51,52). The molecule has 12 rings (SSSR count). The molecule has 1 atom stereocenters. The molecule has 3 aromatic heterocycles. The molecule has 5 heteroatoms. The summed E-state index contributed by atoms with van der Waals surface area (Å²) in [6.45, 7) is 0. The predicted octanol–water partition coefficient (Wildman–Crippen LogP) is 13.0. The van der Waals surface area contributed by atoms with Crippen molar-refractivity contribution in [3.63, 3.8) is 0 Å². The third-order valence-electron chi connectivity index (χ3n) is 11.4. The van der Waals surface area contributed by atoms with Crippen LogP contribution in [0.15, 0.2) is 187 Å². The van der Waals surface area contributed by atoms with Gasteiger partial charge in [-0.3, -0.25) is 0 Å². The van der Waals surface area contributed by atoms with Crippen molar-refractivity contribution < 1.29 is 0 Å². The summed E-state index contributed by atoms with van der Waals surface area (Å²) in [7, 11) is 0. The molecule has 8 aromatic carbocycles. The van der Waals surface area contributed by atoms with Crippen molar-refractivity contribution in [2.24, 2.45) is 4.99 Å². The lowest BCUT2D eigenvalue weighted by atomic mass is 9.95. The van der Waals surface area contributed by atoms with Crippen LogP contribution in [0.4, 0.5) is 5.69 Å². The van der Waals surface area contributed by atoms with Gasteiger partial charge in [0.2, 0.25) is 0 Å². The minimum atomic E-state index is 0.0180. The van der Waals surface area contributed by atoms with Gasteiger partial charge in [0.25, 0.3) is 0 Å². The predicted molar refractivity (Wildman–Crippen MR) is 232 cm³/mol. The number of amidine groups is 1. The highest BCUT2D eigenvalue weighted by atomic mass is 32.1. The van der Waals surface area contributed by atoms with Crippen LogP contribution >= 0.6 is 11.3 Å². The van der Waals surface area contributed by atoms with Crippen LogP contribution in [-0.2, 0) is 0 Å². The van der Waals surface area contributed by atoms with Gasteiger partial charge in [-0.05, 0) is 78.4 Å². The molecule has 11 aromatic rings. The third kappa shape index (κ3) is 4.54. The van der Waals surface area contributed by atoms with Crippen molar-refractivity contribution >= 4 is 86.6 Å². The van der Waals surface area contributed by atoms with Crippen LogP contribution in [0.1, 0.15) is 22.7 Å². The van der Waals surface area contributed by atoms with Crippen LogP contribution < -0.4 is 5.32 Å². The molecule has 0 saturated carbocycles. The lowest BCUT2D eigenvalue weighted by Gasteiger charge is -2.27. The highest BCUT2D eigenvalue weighted by Gasteiger charge is 2.25. The van der Waals surface area contributed by atoms with E-state index < -0.39 is 0 Å². The molecular formula is C50H32N4S. The summed E-state index contributed by atoms with van der Waals surface area (Å²) in [6, 6.07) is 65.9. The molecule has 0 fully saturated rings. The molecule has 1 N–H and O–H groups in total. The van der Waals surface area contributed by atoms with Gasteiger partial charge >= 0.3 is 0 Å². The van der Waals surface area contributed by atoms with E-state index in [9.17, 15) is 0 Å². The lowest BCUT2D eigenvalue weighted by molar-refractivity contribution is 0.749. The van der Waals surface area contributed by atoms with E-state index in [2.05, 4.69) is 196 Å². The molecule has 0 aliphatic carbocycles. The van der Waals surface area contributed by atoms with Gasteiger partial charge in [-0.25, -0.2) is 4.99 Å². The van der Waals surface area contributed by atoms with Gasteiger partial charge in [0.05, 0.1) is 33.8 Å². The van der Waals surface area contributed by atoms with E-state index in [4.69, 9.17) is 4.99 Å². The summed E-state index contributed by atoms with van der Waals surface area (Å²) in [4.78, 5) is 5.13. The minimum Gasteiger partial charge on any atom is -0.359 e. The first-order chi connectivity index (χ1) is 27.3. The number of benzene rings is 8. The Labute approximate surface area is 320 Å². The topological polar surface area (TPSA) is 34.2 Å². The Bertz CT molecular complexity index is 3330. The SMILES string of the molecule is c1ccc(C2NC(c3ccc(-n4c5cc6c(cc5c5c7sc8ccccc8c7ccc54)c4ccccc4n6-c4ccccc4)cc3)=Nc3ccccc32)cc1. The number of aliphatic imine (C=N–C) groups is 1. The third-order valence-corrected chi connectivity index (χ3v) is 12.6. The fourth-order valence-electron chi connectivity index (χ4n) is 8.90. The van der Waals surface area contributed by atoms with Crippen molar-refractivity contribution in [2.45, 2.75) is 6.04 Å². The molecule has 0 amide bonds. The number of nitrogens with zero attached hydrogens (tertiary/aromatic N) is 3. The number of nitrogens with one attached hydrogen (secondary N) is 1. The fraction of sp³-hybridized carbons (Fsp3) is 0.0200. The molecule has 0 saturated heterocycles. The second-order valence-electron chi connectivity index (χ2n) is 14.4. The quantitative estimate of drug-likeness (QED) is 0.193. The molecule has 1 aliphatic rings. The van der Waals surface area contributed by atoms with E-state index in [-0.39, 0.29) is 6.04 Å². The van der Waals surface area contributed by atoms with Gasteiger partial charge in [0.15, 0.2) is 0 Å². The molecule has 0 bridgehead atoms. The molecule has 0 spiro atoms. The summed E-state index contributed by atoms with van der Waals surface area (Å²) in [5, 5.41) is 11.5. The van der Waals surface area contributed by atoms with E-state index in [1.54, 1.807) is 0 Å². The number of aromatic nitrogens is 2. The first-order valence-electron chi connectivity index (χ1n) is 18.8. The maximum Gasteiger partial charge on any atom is 0.134 e. The first-order valence-corrected chi connectivity index (χ1v) is 19.6. The van der Waals surface area contributed by atoms with E-state index in [1.165, 1.54) is 74.9 Å².